The largest absolute Gasteiger partial charge is 0.337 e. The van der Waals surface area contributed by atoms with Crippen molar-refractivity contribution in [3.8, 4) is 0 Å². The highest BCUT2D eigenvalue weighted by Gasteiger charge is 2.31. The number of anilines is 1. The SMILES string of the molecule is CNCC1CCCN1C(=O)C(C)SCC(=O)Nc1ccc(C)cc1. The number of hydrogen-bond acceptors (Lipinski definition) is 4. The molecular formula is C18H27N3O2S. The second-order valence-electron chi connectivity index (χ2n) is 6.25. The first-order valence-electron chi connectivity index (χ1n) is 8.44. The molecule has 1 saturated heterocycles. The Kier molecular flexibility index (Phi) is 7.12. The molecule has 1 aliphatic rings. The van der Waals surface area contributed by atoms with Crippen LogP contribution in [0.2, 0.25) is 0 Å². The van der Waals surface area contributed by atoms with Crippen LogP contribution in [0.3, 0.4) is 0 Å². The van der Waals surface area contributed by atoms with E-state index in [1.807, 2.05) is 50.1 Å². The van der Waals surface area contributed by atoms with Crippen molar-refractivity contribution in [3.05, 3.63) is 29.8 Å². The number of nitrogens with zero attached hydrogens (tertiary/aromatic N) is 1. The van der Waals surface area contributed by atoms with Gasteiger partial charge >= 0.3 is 0 Å². The Morgan fingerprint density at radius 3 is 2.71 bits per heavy atom. The number of nitrogens with one attached hydrogen (secondary N) is 2. The van der Waals surface area contributed by atoms with E-state index < -0.39 is 0 Å². The van der Waals surface area contributed by atoms with Gasteiger partial charge in [-0.15, -0.1) is 11.8 Å². The third-order valence-electron chi connectivity index (χ3n) is 4.25. The molecule has 0 saturated carbocycles. The first-order valence-corrected chi connectivity index (χ1v) is 9.49. The van der Waals surface area contributed by atoms with E-state index >= 15 is 0 Å². The average molecular weight is 350 g/mol. The molecule has 2 amide bonds. The molecule has 2 N–H and O–H groups in total. The third kappa shape index (κ3) is 5.24. The van der Waals surface area contributed by atoms with Crippen molar-refractivity contribution in [1.82, 2.24) is 10.2 Å². The van der Waals surface area contributed by atoms with Gasteiger partial charge in [-0.2, -0.15) is 0 Å². The minimum atomic E-state index is -0.203. The van der Waals surface area contributed by atoms with E-state index in [-0.39, 0.29) is 28.9 Å². The molecular weight excluding hydrogens is 322 g/mol. The highest BCUT2D eigenvalue weighted by Crippen LogP contribution is 2.22. The van der Waals surface area contributed by atoms with Crippen molar-refractivity contribution in [2.24, 2.45) is 0 Å². The zero-order valence-corrected chi connectivity index (χ0v) is 15.5. The number of likely N-dealkylation sites (tertiary alicyclic amines) is 1. The maximum atomic E-state index is 12.6. The molecule has 0 aromatic heterocycles. The average Bonchev–Trinajstić information content (AvgIpc) is 3.02. The fraction of sp³-hybridized carbons (Fsp3) is 0.556. The highest BCUT2D eigenvalue weighted by molar-refractivity contribution is 8.01. The Balaban J connectivity index is 1.79. The number of thioether (sulfide) groups is 1. The van der Waals surface area contributed by atoms with E-state index in [4.69, 9.17) is 0 Å². The van der Waals surface area contributed by atoms with Gasteiger partial charge in [0.1, 0.15) is 0 Å². The molecule has 6 heteroatoms. The van der Waals surface area contributed by atoms with Crippen LogP contribution in [0, 0.1) is 6.92 Å². The summed E-state index contributed by atoms with van der Waals surface area (Å²) in [4.78, 5) is 26.6. The summed E-state index contributed by atoms with van der Waals surface area (Å²) in [5, 5.41) is 5.81. The van der Waals surface area contributed by atoms with E-state index in [2.05, 4.69) is 10.6 Å². The van der Waals surface area contributed by atoms with Gasteiger partial charge in [0.25, 0.3) is 0 Å². The standard InChI is InChI=1S/C18H27N3O2S/c1-13-6-8-15(9-7-13)20-17(22)12-24-14(2)18(23)21-10-4-5-16(21)11-19-3/h6-9,14,16,19H,4-5,10-12H2,1-3H3,(H,20,22). The zero-order chi connectivity index (χ0) is 17.5. The first-order chi connectivity index (χ1) is 11.5. The van der Waals surface area contributed by atoms with E-state index in [0.29, 0.717) is 0 Å². The Morgan fingerprint density at radius 1 is 1.33 bits per heavy atom. The minimum absolute atomic E-state index is 0.0725. The molecule has 2 unspecified atom stereocenters. The van der Waals surface area contributed by atoms with Gasteiger partial charge < -0.3 is 15.5 Å². The van der Waals surface area contributed by atoms with Gasteiger partial charge in [0, 0.05) is 24.8 Å². The van der Waals surface area contributed by atoms with Crippen LogP contribution in [-0.4, -0.2) is 53.9 Å². The van der Waals surface area contributed by atoms with Crippen molar-refractivity contribution in [1.29, 1.82) is 0 Å². The number of rotatable bonds is 7. The summed E-state index contributed by atoms with van der Waals surface area (Å²) in [6.07, 6.45) is 2.11. The fourth-order valence-corrected chi connectivity index (χ4v) is 3.66. The Morgan fingerprint density at radius 2 is 2.04 bits per heavy atom. The minimum Gasteiger partial charge on any atom is -0.337 e. The number of aryl methyl sites for hydroxylation is 1. The van der Waals surface area contributed by atoms with Crippen molar-refractivity contribution < 1.29 is 9.59 Å². The number of carbonyl (C=O) groups excluding carboxylic acids is 2. The maximum Gasteiger partial charge on any atom is 0.235 e. The predicted octanol–water partition coefficient (Wildman–Crippen LogP) is 2.27. The lowest BCUT2D eigenvalue weighted by molar-refractivity contribution is -0.131. The van der Waals surface area contributed by atoms with Crippen LogP contribution in [0.15, 0.2) is 24.3 Å². The van der Waals surface area contributed by atoms with Gasteiger partial charge in [0.15, 0.2) is 0 Å². The van der Waals surface area contributed by atoms with Crippen LogP contribution < -0.4 is 10.6 Å². The van der Waals surface area contributed by atoms with Gasteiger partial charge in [-0.05, 0) is 45.9 Å². The molecule has 1 aliphatic heterocycles. The van der Waals surface area contributed by atoms with Crippen LogP contribution in [0.1, 0.15) is 25.3 Å². The van der Waals surface area contributed by atoms with Crippen molar-refractivity contribution >= 4 is 29.3 Å². The molecule has 1 heterocycles. The predicted molar refractivity (Wildman–Crippen MR) is 100 cm³/mol. The molecule has 0 radical (unpaired) electrons. The molecule has 0 spiro atoms. The van der Waals surface area contributed by atoms with E-state index in [1.165, 1.54) is 11.8 Å². The lowest BCUT2D eigenvalue weighted by atomic mass is 10.2. The third-order valence-corrected chi connectivity index (χ3v) is 5.38. The fourth-order valence-electron chi connectivity index (χ4n) is 2.91. The van der Waals surface area contributed by atoms with Crippen molar-refractivity contribution in [2.75, 3.05) is 31.2 Å². The van der Waals surface area contributed by atoms with Crippen LogP contribution >= 0.6 is 11.8 Å². The Hall–Kier alpha value is -1.53. The smallest absolute Gasteiger partial charge is 0.235 e. The van der Waals surface area contributed by atoms with Crippen molar-refractivity contribution in [2.45, 2.75) is 38.0 Å². The quantitative estimate of drug-likeness (QED) is 0.793. The summed E-state index contributed by atoms with van der Waals surface area (Å²) in [6, 6.07) is 7.99. The van der Waals surface area contributed by atoms with E-state index in [9.17, 15) is 9.59 Å². The molecule has 1 fully saturated rings. The van der Waals surface area contributed by atoms with Gasteiger partial charge in [0.2, 0.25) is 11.8 Å². The molecule has 1 aromatic carbocycles. The summed E-state index contributed by atoms with van der Waals surface area (Å²) in [6.45, 7) is 5.55. The first kappa shape index (κ1) is 18.8. The van der Waals surface area contributed by atoms with Crippen molar-refractivity contribution in [3.63, 3.8) is 0 Å². The number of benzene rings is 1. The number of likely N-dealkylation sites (N-methyl/N-ethyl adjacent to an activating group) is 1. The molecule has 132 valence electrons. The molecule has 5 nitrogen and oxygen atoms in total. The van der Waals surface area contributed by atoms with Gasteiger partial charge in [0.05, 0.1) is 11.0 Å². The molecule has 1 aromatic rings. The topological polar surface area (TPSA) is 61.4 Å². The van der Waals surface area contributed by atoms with Crippen LogP contribution in [0.5, 0.6) is 0 Å². The van der Waals surface area contributed by atoms with Crippen LogP contribution in [0.4, 0.5) is 5.69 Å². The van der Waals surface area contributed by atoms with E-state index in [0.717, 1.165) is 37.2 Å². The number of carbonyl (C=O) groups is 2. The lowest BCUT2D eigenvalue weighted by Gasteiger charge is -2.27. The highest BCUT2D eigenvalue weighted by atomic mass is 32.2. The summed E-state index contributed by atoms with van der Waals surface area (Å²) in [5.74, 6) is 0.350. The maximum absolute atomic E-state index is 12.6. The number of amides is 2. The van der Waals surface area contributed by atoms with Crippen LogP contribution in [-0.2, 0) is 9.59 Å². The summed E-state index contributed by atoms with van der Waals surface area (Å²) in [5.41, 5.74) is 1.95. The van der Waals surface area contributed by atoms with Crippen LogP contribution in [0.25, 0.3) is 0 Å². The molecule has 2 rings (SSSR count). The summed E-state index contributed by atoms with van der Waals surface area (Å²) in [7, 11) is 1.91. The Bertz CT molecular complexity index is 562. The van der Waals surface area contributed by atoms with Gasteiger partial charge in [-0.25, -0.2) is 0 Å². The zero-order valence-electron chi connectivity index (χ0n) is 14.7. The lowest BCUT2D eigenvalue weighted by Crippen LogP contribution is -2.44. The second kappa shape index (κ2) is 9.08. The molecule has 0 bridgehead atoms. The molecule has 0 aliphatic carbocycles. The summed E-state index contributed by atoms with van der Waals surface area (Å²) < 4.78 is 0. The summed E-state index contributed by atoms with van der Waals surface area (Å²) >= 11 is 1.40. The van der Waals surface area contributed by atoms with E-state index in [1.54, 1.807) is 0 Å². The number of hydrogen-bond donors (Lipinski definition) is 2. The monoisotopic (exact) mass is 349 g/mol. The van der Waals surface area contributed by atoms with Gasteiger partial charge in [-0.1, -0.05) is 17.7 Å². The second-order valence-corrected chi connectivity index (χ2v) is 7.58. The Labute approximate surface area is 148 Å². The normalized spacial score (nSPS) is 18.5. The molecule has 2 atom stereocenters. The van der Waals surface area contributed by atoms with Gasteiger partial charge in [-0.3, -0.25) is 9.59 Å². The molecule has 24 heavy (non-hydrogen) atoms.